The van der Waals surface area contributed by atoms with Crippen molar-refractivity contribution in [2.45, 2.75) is 63.7 Å². The van der Waals surface area contributed by atoms with Gasteiger partial charge in [-0.3, -0.25) is 9.69 Å². The normalized spacial score (nSPS) is 23.2. The van der Waals surface area contributed by atoms with E-state index in [9.17, 15) is 18.0 Å². The molecule has 2 unspecified atom stereocenters. The molecule has 2 atom stereocenters. The Morgan fingerprint density at radius 2 is 2.17 bits per heavy atom. The van der Waals surface area contributed by atoms with E-state index < -0.39 is 18.6 Å². The Morgan fingerprint density at radius 1 is 1.50 bits per heavy atom. The summed E-state index contributed by atoms with van der Waals surface area (Å²) in [4.78, 5) is 12.7. The van der Waals surface area contributed by atoms with Crippen LogP contribution >= 0.6 is 0 Å². The summed E-state index contributed by atoms with van der Waals surface area (Å²) in [5, 5.41) is 8.78. The van der Waals surface area contributed by atoms with Crippen molar-refractivity contribution >= 4 is 5.97 Å². The Labute approximate surface area is 105 Å². The van der Waals surface area contributed by atoms with Crippen LogP contribution in [-0.2, 0) is 4.79 Å². The van der Waals surface area contributed by atoms with E-state index in [0.29, 0.717) is 6.42 Å². The second-order valence-corrected chi connectivity index (χ2v) is 4.99. The zero-order valence-electron chi connectivity index (χ0n) is 10.5. The number of hydrogen-bond donors (Lipinski definition) is 1. The molecule has 1 fully saturated rings. The van der Waals surface area contributed by atoms with E-state index in [0.717, 1.165) is 19.4 Å². The lowest BCUT2D eigenvalue weighted by Gasteiger charge is -2.30. The van der Waals surface area contributed by atoms with Crippen molar-refractivity contribution in [1.29, 1.82) is 0 Å². The lowest BCUT2D eigenvalue weighted by Crippen LogP contribution is -2.38. The van der Waals surface area contributed by atoms with Crippen LogP contribution in [-0.4, -0.2) is 40.8 Å². The number of halogens is 3. The number of aliphatic carboxylic acids is 1. The smallest absolute Gasteiger partial charge is 0.389 e. The van der Waals surface area contributed by atoms with Crippen LogP contribution in [0.5, 0.6) is 0 Å². The molecule has 0 aliphatic carbocycles. The van der Waals surface area contributed by atoms with E-state index in [1.165, 1.54) is 0 Å². The van der Waals surface area contributed by atoms with Gasteiger partial charge in [0.15, 0.2) is 0 Å². The van der Waals surface area contributed by atoms with Gasteiger partial charge >= 0.3 is 12.1 Å². The van der Waals surface area contributed by atoms with Crippen molar-refractivity contribution < 1.29 is 23.1 Å². The molecule has 3 nitrogen and oxygen atoms in total. The van der Waals surface area contributed by atoms with Crippen LogP contribution in [0.2, 0.25) is 0 Å². The molecule has 0 aromatic carbocycles. The fraction of sp³-hybridized carbons (Fsp3) is 0.917. The summed E-state index contributed by atoms with van der Waals surface area (Å²) in [7, 11) is 0. The van der Waals surface area contributed by atoms with Gasteiger partial charge in [-0.05, 0) is 39.2 Å². The van der Waals surface area contributed by atoms with Crippen molar-refractivity contribution in [3.8, 4) is 0 Å². The molecule has 0 saturated carbocycles. The molecule has 1 rings (SSSR count). The molecule has 0 radical (unpaired) electrons. The van der Waals surface area contributed by atoms with Crippen molar-refractivity contribution in [2.75, 3.05) is 6.54 Å². The van der Waals surface area contributed by atoms with Crippen LogP contribution in [0.25, 0.3) is 0 Å². The summed E-state index contributed by atoms with van der Waals surface area (Å²) in [5.41, 5.74) is 0. The second-order valence-electron chi connectivity index (χ2n) is 4.99. The van der Waals surface area contributed by atoms with Gasteiger partial charge in [0, 0.05) is 18.5 Å². The number of nitrogens with zero attached hydrogens (tertiary/aromatic N) is 1. The van der Waals surface area contributed by atoms with Crippen LogP contribution < -0.4 is 0 Å². The fourth-order valence-electron chi connectivity index (χ4n) is 2.62. The molecule has 106 valence electrons. The van der Waals surface area contributed by atoms with Crippen molar-refractivity contribution in [2.24, 2.45) is 0 Å². The van der Waals surface area contributed by atoms with Crippen LogP contribution in [0.15, 0.2) is 0 Å². The molecule has 18 heavy (non-hydrogen) atoms. The highest BCUT2D eigenvalue weighted by atomic mass is 19.4. The van der Waals surface area contributed by atoms with Crippen molar-refractivity contribution in [1.82, 2.24) is 4.90 Å². The number of carboxylic acid groups (broad SMARTS) is 1. The first-order valence-electron chi connectivity index (χ1n) is 6.34. The van der Waals surface area contributed by atoms with Crippen LogP contribution in [0.3, 0.4) is 0 Å². The molecule has 1 heterocycles. The molecule has 1 aliphatic rings. The van der Waals surface area contributed by atoms with E-state index in [4.69, 9.17) is 5.11 Å². The van der Waals surface area contributed by atoms with Gasteiger partial charge in [0.05, 0.1) is 6.42 Å². The standard InChI is InChI=1S/C12H20F3NO2/c1-9(4-2-6-12(13,14)15)16-7-3-5-10(16)8-11(17)18/h9-10H,2-8H2,1H3,(H,17,18). The summed E-state index contributed by atoms with van der Waals surface area (Å²) in [6.45, 7) is 2.68. The predicted molar refractivity (Wildman–Crippen MR) is 61.3 cm³/mol. The highest BCUT2D eigenvalue weighted by Crippen LogP contribution is 2.27. The summed E-state index contributed by atoms with van der Waals surface area (Å²) in [5.74, 6) is -0.839. The summed E-state index contributed by atoms with van der Waals surface area (Å²) in [6, 6.07) is 0.0163. The van der Waals surface area contributed by atoms with Crippen molar-refractivity contribution in [3.63, 3.8) is 0 Å². The summed E-state index contributed by atoms with van der Waals surface area (Å²) < 4.78 is 36.1. The molecular formula is C12H20F3NO2. The Kier molecular flexibility index (Phi) is 5.44. The molecule has 1 N–H and O–H groups in total. The summed E-state index contributed by atoms with van der Waals surface area (Å²) in [6.07, 6.45) is -2.42. The Hall–Kier alpha value is -0.780. The number of alkyl halides is 3. The largest absolute Gasteiger partial charge is 0.481 e. The summed E-state index contributed by atoms with van der Waals surface area (Å²) >= 11 is 0. The molecule has 1 saturated heterocycles. The van der Waals surface area contributed by atoms with Crippen LogP contribution in [0.1, 0.15) is 45.4 Å². The molecule has 6 heteroatoms. The number of carbonyl (C=O) groups is 1. The minimum Gasteiger partial charge on any atom is -0.481 e. The Bertz CT molecular complexity index is 281. The van der Waals surface area contributed by atoms with Gasteiger partial charge in [-0.25, -0.2) is 0 Å². The minimum absolute atomic E-state index is 0.0108. The molecule has 0 amide bonds. The lowest BCUT2D eigenvalue weighted by atomic mass is 10.1. The number of likely N-dealkylation sites (tertiary alicyclic amines) is 1. The molecule has 0 bridgehead atoms. The molecule has 0 spiro atoms. The van der Waals surface area contributed by atoms with Gasteiger partial charge in [-0.15, -0.1) is 0 Å². The maximum Gasteiger partial charge on any atom is 0.389 e. The third-order valence-corrected chi connectivity index (χ3v) is 3.48. The van der Waals surface area contributed by atoms with Gasteiger partial charge in [0.1, 0.15) is 0 Å². The molecular weight excluding hydrogens is 247 g/mol. The zero-order chi connectivity index (χ0) is 13.8. The average molecular weight is 267 g/mol. The van der Waals surface area contributed by atoms with Gasteiger partial charge in [0.25, 0.3) is 0 Å². The Balaban J connectivity index is 2.35. The molecule has 0 aromatic heterocycles. The number of hydrogen-bond acceptors (Lipinski definition) is 2. The SMILES string of the molecule is CC(CCCC(F)(F)F)N1CCCC1CC(=O)O. The highest BCUT2D eigenvalue weighted by Gasteiger charge is 2.31. The van der Waals surface area contributed by atoms with E-state index in [1.54, 1.807) is 0 Å². The highest BCUT2D eigenvalue weighted by molar-refractivity contribution is 5.67. The van der Waals surface area contributed by atoms with E-state index >= 15 is 0 Å². The third-order valence-electron chi connectivity index (χ3n) is 3.48. The quantitative estimate of drug-likeness (QED) is 0.804. The first-order chi connectivity index (χ1) is 8.29. The fourth-order valence-corrected chi connectivity index (χ4v) is 2.62. The van der Waals surface area contributed by atoms with E-state index in [1.807, 2.05) is 11.8 Å². The monoisotopic (exact) mass is 267 g/mol. The third kappa shape index (κ3) is 5.25. The lowest BCUT2D eigenvalue weighted by molar-refractivity contribution is -0.138. The Morgan fingerprint density at radius 3 is 2.72 bits per heavy atom. The molecule has 1 aliphatic heterocycles. The van der Waals surface area contributed by atoms with Crippen molar-refractivity contribution in [3.05, 3.63) is 0 Å². The van der Waals surface area contributed by atoms with Gasteiger partial charge < -0.3 is 5.11 Å². The zero-order valence-corrected chi connectivity index (χ0v) is 10.5. The first kappa shape index (κ1) is 15.3. The van der Waals surface area contributed by atoms with Gasteiger partial charge in [-0.1, -0.05) is 0 Å². The van der Waals surface area contributed by atoms with Gasteiger partial charge in [-0.2, -0.15) is 13.2 Å². The number of rotatable bonds is 6. The first-order valence-corrected chi connectivity index (χ1v) is 6.34. The predicted octanol–water partition coefficient (Wildman–Crippen LogP) is 3.05. The topological polar surface area (TPSA) is 40.5 Å². The maximum atomic E-state index is 12.0. The maximum absolute atomic E-state index is 12.0. The second kappa shape index (κ2) is 6.41. The van der Waals surface area contributed by atoms with E-state index in [-0.39, 0.29) is 24.9 Å². The molecule has 0 aromatic rings. The minimum atomic E-state index is -4.09. The number of carboxylic acids is 1. The van der Waals surface area contributed by atoms with E-state index in [2.05, 4.69) is 0 Å². The van der Waals surface area contributed by atoms with Crippen LogP contribution in [0, 0.1) is 0 Å². The van der Waals surface area contributed by atoms with Gasteiger partial charge in [0.2, 0.25) is 0 Å². The van der Waals surface area contributed by atoms with Crippen LogP contribution in [0.4, 0.5) is 13.2 Å². The average Bonchev–Trinajstić information content (AvgIpc) is 2.62.